The lowest BCUT2D eigenvalue weighted by molar-refractivity contribution is 0.552. The molecule has 0 aromatic carbocycles. The highest BCUT2D eigenvalue weighted by atomic mass is 79.9. The van der Waals surface area contributed by atoms with Gasteiger partial charge in [0, 0.05) is 10.0 Å². The van der Waals surface area contributed by atoms with Gasteiger partial charge < -0.3 is 0 Å². The Morgan fingerprint density at radius 1 is 1.50 bits per heavy atom. The minimum Gasteiger partial charge on any atom is -0.224 e. The SMILES string of the molecule is Cc1nc(F)c(C(C)C)cc1Br. The lowest BCUT2D eigenvalue weighted by atomic mass is 10.1. The first-order chi connectivity index (χ1) is 5.52. The molecule has 0 bridgehead atoms. The Hall–Kier alpha value is -0.440. The molecule has 0 N–H and O–H groups in total. The fraction of sp³-hybridized carbons (Fsp3) is 0.444. The average Bonchev–Trinajstić information content (AvgIpc) is 1.96. The molecule has 1 heterocycles. The van der Waals surface area contributed by atoms with Crippen LogP contribution in [0.25, 0.3) is 0 Å². The fourth-order valence-electron chi connectivity index (χ4n) is 0.971. The lowest BCUT2D eigenvalue weighted by Gasteiger charge is -2.07. The van der Waals surface area contributed by atoms with Crippen molar-refractivity contribution in [1.29, 1.82) is 0 Å². The van der Waals surface area contributed by atoms with E-state index in [2.05, 4.69) is 20.9 Å². The number of hydrogen-bond donors (Lipinski definition) is 0. The van der Waals surface area contributed by atoms with Crippen molar-refractivity contribution in [1.82, 2.24) is 4.98 Å². The highest BCUT2D eigenvalue weighted by molar-refractivity contribution is 9.10. The van der Waals surface area contributed by atoms with E-state index in [9.17, 15) is 4.39 Å². The molecule has 0 aliphatic carbocycles. The van der Waals surface area contributed by atoms with Crippen LogP contribution in [0.5, 0.6) is 0 Å². The second-order valence-corrected chi connectivity index (χ2v) is 3.94. The molecule has 66 valence electrons. The van der Waals surface area contributed by atoms with Gasteiger partial charge in [0.15, 0.2) is 0 Å². The molecule has 1 aromatic rings. The predicted octanol–water partition coefficient (Wildman–Crippen LogP) is 3.42. The van der Waals surface area contributed by atoms with Crippen LogP contribution >= 0.6 is 15.9 Å². The Balaban J connectivity index is 3.23. The summed E-state index contributed by atoms with van der Waals surface area (Å²) in [6.07, 6.45) is 0. The van der Waals surface area contributed by atoms with Gasteiger partial charge in [0.2, 0.25) is 5.95 Å². The Labute approximate surface area is 80.1 Å². The van der Waals surface area contributed by atoms with Crippen molar-refractivity contribution in [2.45, 2.75) is 26.7 Å². The van der Waals surface area contributed by atoms with E-state index >= 15 is 0 Å². The van der Waals surface area contributed by atoms with E-state index < -0.39 is 0 Å². The third-order valence-corrected chi connectivity index (χ3v) is 2.56. The van der Waals surface area contributed by atoms with E-state index in [1.165, 1.54) is 0 Å². The summed E-state index contributed by atoms with van der Waals surface area (Å²) >= 11 is 3.32. The smallest absolute Gasteiger partial charge is 0.216 e. The van der Waals surface area contributed by atoms with E-state index in [0.29, 0.717) is 11.3 Å². The summed E-state index contributed by atoms with van der Waals surface area (Å²) in [5, 5.41) is 0. The lowest BCUT2D eigenvalue weighted by Crippen LogP contribution is -1.98. The molecule has 12 heavy (non-hydrogen) atoms. The van der Waals surface area contributed by atoms with E-state index in [-0.39, 0.29) is 11.9 Å². The molecule has 0 saturated carbocycles. The van der Waals surface area contributed by atoms with Gasteiger partial charge in [-0.25, -0.2) is 4.98 Å². The number of hydrogen-bond acceptors (Lipinski definition) is 1. The first kappa shape index (κ1) is 9.65. The maximum absolute atomic E-state index is 13.1. The van der Waals surface area contributed by atoms with Crippen molar-refractivity contribution < 1.29 is 4.39 Å². The zero-order valence-electron chi connectivity index (χ0n) is 7.36. The van der Waals surface area contributed by atoms with Crippen LogP contribution in [-0.2, 0) is 0 Å². The quantitative estimate of drug-likeness (QED) is 0.676. The van der Waals surface area contributed by atoms with Crippen LogP contribution in [0.4, 0.5) is 4.39 Å². The minimum absolute atomic E-state index is 0.175. The largest absolute Gasteiger partial charge is 0.224 e. The Morgan fingerprint density at radius 3 is 2.58 bits per heavy atom. The van der Waals surface area contributed by atoms with Crippen LogP contribution in [0.2, 0.25) is 0 Å². The minimum atomic E-state index is -0.356. The summed E-state index contributed by atoms with van der Waals surface area (Å²) in [7, 11) is 0. The summed E-state index contributed by atoms with van der Waals surface area (Å²) in [5.74, 6) is -0.180. The zero-order valence-corrected chi connectivity index (χ0v) is 8.94. The number of pyridine rings is 1. The topological polar surface area (TPSA) is 12.9 Å². The van der Waals surface area contributed by atoms with Gasteiger partial charge in [-0.05, 0) is 34.8 Å². The van der Waals surface area contributed by atoms with Crippen LogP contribution in [0.1, 0.15) is 31.0 Å². The summed E-state index contributed by atoms with van der Waals surface area (Å²) < 4.78 is 14.0. The first-order valence-corrected chi connectivity index (χ1v) is 4.64. The summed E-state index contributed by atoms with van der Waals surface area (Å²) in [5.41, 5.74) is 1.35. The maximum Gasteiger partial charge on any atom is 0.216 e. The summed E-state index contributed by atoms with van der Waals surface area (Å²) in [4.78, 5) is 3.78. The molecule has 1 nitrogen and oxygen atoms in total. The van der Waals surface area contributed by atoms with E-state index in [4.69, 9.17) is 0 Å². The molecule has 1 rings (SSSR count). The van der Waals surface area contributed by atoms with Crippen LogP contribution in [-0.4, -0.2) is 4.98 Å². The van der Waals surface area contributed by atoms with Gasteiger partial charge >= 0.3 is 0 Å². The van der Waals surface area contributed by atoms with Gasteiger partial charge in [0.1, 0.15) is 0 Å². The third-order valence-electron chi connectivity index (χ3n) is 1.75. The van der Waals surface area contributed by atoms with E-state index in [0.717, 1.165) is 4.47 Å². The number of nitrogens with zero attached hydrogens (tertiary/aromatic N) is 1. The number of aromatic nitrogens is 1. The van der Waals surface area contributed by atoms with Crippen LogP contribution in [0.3, 0.4) is 0 Å². The molecule has 0 aliphatic rings. The molecule has 0 radical (unpaired) electrons. The third kappa shape index (κ3) is 1.83. The molecule has 0 spiro atoms. The molecule has 0 amide bonds. The van der Waals surface area contributed by atoms with Crippen molar-refractivity contribution in [2.75, 3.05) is 0 Å². The molecule has 0 unspecified atom stereocenters. The Kier molecular flexibility index (Phi) is 2.83. The fourth-order valence-corrected chi connectivity index (χ4v) is 1.31. The summed E-state index contributed by atoms with van der Waals surface area (Å²) in [6, 6.07) is 1.79. The van der Waals surface area contributed by atoms with Crippen molar-refractivity contribution in [3.63, 3.8) is 0 Å². The molecule has 0 fully saturated rings. The van der Waals surface area contributed by atoms with E-state index in [1.54, 1.807) is 13.0 Å². The number of rotatable bonds is 1. The van der Waals surface area contributed by atoms with E-state index in [1.807, 2.05) is 13.8 Å². The van der Waals surface area contributed by atoms with Crippen LogP contribution in [0.15, 0.2) is 10.5 Å². The van der Waals surface area contributed by atoms with Crippen molar-refractivity contribution in [3.05, 3.63) is 27.7 Å². The molecule has 0 atom stereocenters. The van der Waals surface area contributed by atoms with Gasteiger partial charge in [-0.3, -0.25) is 0 Å². The van der Waals surface area contributed by atoms with Gasteiger partial charge in [-0.15, -0.1) is 0 Å². The normalized spacial score (nSPS) is 10.8. The van der Waals surface area contributed by atoms with Crippen LogP contribution in [0, 0.1) is 12.9 Å². The highest BCUT2D eigenvalue weighted by Crippen LogP contribution is 2.23. The van der Waals surface area contributed by atoms with Crippen molar-refractivity contribution >= 4 is 15.9 Å². The van der Waals surface area contributed by atoms with Crippen molar-refractivity contribution in [3.8, 4) is 0 Å². The van der Waals surface area contributed by atoms with Gasteiger partial charge in [-0.2, -0.15) is 4.39 Å². The van der Waals surface area contributed by atoms with Crippen LogP contribution < -0.4 is 0 Å². The number of halogens is 2. The average molecular weight is 232 g/mol. The second kappa shape index (κ2) is 3.52. The monoisotopic (exact) mass is 231 g/mol. The first-order valence-electron chi connectivity index (χ1n) is 3.85. The number of aryl methyl sites for hydroxylation is 1. The van der Waals surface area contributed by atoms with Crippen molar-refractivity contribution in [2.24, 2.45) is 0 Å². The predicted molar refractivity (Wildman–Crippen MR) is 50.7 cm³/mol. The van der Waals surface area contributed by atoms with Gasteiger partial charge in [0.25, 0.3) is 0 Å². The molecule has 1 aromatic heterocycles. The Morgan fingerprint density at radius 2 is 2.08 bits per heavy atom. The van der Waals surface area contributed by atoms with Gasteiger partial charge in [-0.1, -0.05) is 13.8 Å². The van der Waals surface area contributed by atoms with Gasteiger partial charge in [0.05, 0.1) is 5.69 Å². The standard InChI is InChI=1S/C9H11BrFN/c1-5(2)7-4-8(10)6(3)12-9(7)11/h4-5H,1-3H3. The second-order valence-electron chi connectivity index (χ2n) is 3.09. The summed E-state index contributed by atoms with van der Waals surface area (Å²) in [6.45, 7) is 5.67. The maximum atomic E-state index is 13.1. The molecule has 0 saturated heterocycles. The molecule has 0 aliphatic heterocycles. The Bertz CT molecular complexity index is 297. The molecular weight excluding hydrogens is 221 g/mol. The zero-order chi connectivity index (χ0) is 9.30. The molecular formula is C9H11BrFN. The molecule has 3 heteroatoms. The highest BCUT2D eigenvalue weighted by Gasteiger charge is 2.09.